The first-order valence-corrected chi connectivity index (χ1v) is 12.1. The molecule has 0 fully saturated rings. The Kier molecular flexibility index (Phi) is 8.83. The second-order valence-corrected chi connectivity index (χ2v) is 8.97. The minimum Gasteiger partial charge on any atom is -0.506 e. The number of anilines is 1. The topological polar surface area (TPSA) is 84.9 Å². The number of carbonyl (C=O) groups excluding carboxylic acids is 1. The number of rotatable bonds is 8. The third-order valence-electron chi connectivity index (χ3n) is 4.45. The summed E-state index contributed by atoms with van der Waals surface area (Å²) in [5.74, 6) is -10.1. The summed E-state index contributed by atoms with van der Waals surface area (Å²) < 4.78 is 59.8. The number of benzene rings is 3. The van der Waals surface area contributed by atoms with Gasteiger partial charge in [-0.05, 0) is 37.3 Å². The molecule has 0 unspecified atom stereocenters. The molecule has 35 heavy (non-hydrogen) atoms. The Hall–Kier alpha value is -3.44. The van der Waals surface area contributed by atoms with Crippen LogP contribution in [0.25, 0.3) is 5.76 Å². The van der Waals surface area contributed by atoms with Crippen molar-refractivity contribution in [2.45, 2.75) is 16.7 Å². The van der Waals surface area contributed by atoms with E-state index in [9.17, 15) is 27.5 Å². The molecule has 3 aromatic rings. The van der Waals surface area contributed by atoms with Gasteiger partial charge in [0.05, 0.1) is 17.9 Å². The third-order valence-corrected chi connectivity index (χ3v) is 6.93. The summed E-state index contributed by atoms with van der Waals surface area (Å²) in [6.45, 7) is 1.37. The number of carbonyl (C=O) groups is 1. The third kappa shape index (κ3) is 6.17. The molecule has 0 amide bonds. The first-order chi connectivity index (χ1) is 16.7. The average Bonchev–Trinajstić information content (AvgIpc) is 2.85. The standard InChI is InChI=1S/C24H18F4N2O3S2/c1-2-33-24(32)14(23(31)13-11-15(25)21(27)22(28)20(13)26)12-30-17-8-4-6-10-19(17)35-34-18-9-5-3-7-16(18)29/h3-12,31H,2,29H2,1H3. The van der Waals surface area contributed by atoms with Gasteiger partial charge >= 0.3 is 5.97 Å². The Morgan fingerprint density at radius 1 is 1.00 bits per heavy atom. The van der Waals surface area contributed by atoms with Gasteiger partial charge in [0.15, 0.2) is 23.3 Å². The second-order valence-electron chi connectivity index (χ2n) is 6.76. The first kappa shape index (κ1) is 26.2. The maximum absolute atomic E-state index is 14.2. The number of nitrogen functional groups attached to an aromatic ring is 1. The highest BCUT2D eigenvalue weighted by atomic mass is 33.1. The molecule has 3 rings (SSSR count). The number of nitrogens with zero attached hydrogens (tertiary/aromatic N) is 1. The Balaban J connectivity index is 2.00. The summed E-state index contributed by atoms with van der Waals surface area (Å²) in [6.07, 6.45) is 0.882. The summed E-state index contributed by atoms with van der Waals surface area (Å²) >= 11 is 0. The van der Waals surface area contributed by atoms with E-state index in [4.69, 9.17) is 10.5 Å². The largest absolute Gasteiger partial charge is 0.506 e. The van der Waals surface area contributed by atoms with Gasteiger partial charge in [0.25, 0.3) is 0 Å². The number of ether oxygens (including phenoxy) is 1. The monoisotopic (exact) mass is 522 g/mol. The van der Waals surface area contributed by atoms with Crippen LogP contribution in [0.15, 0.2) is 75.0 Å². The highest BCUT2D eigenvalue weighted by molar-refractivity contribution is 8.76. The van der Waals surface area contributed by atoms with Crippen LogP contribution in [0, 0.1) is 23.3 Å². The van der Waals surface area contributed by atoms with Crippen LogP contribution in [0.3, 0.4) is 0 Å². The zero-order valence-electron chi connectivity index (χ0n) is 18.1. The number of esters is 1. The summed E-state index contributed by atoms with van der Waals surface area (Å²) in [5, 5.41) is 10.5. The molecule has 0 heterocycles. The number of hydrogen-bond donors (Lipinski definition) is 2. The van der Waals surface area contributed by atoms with Crippen molar-refractivity contribution in [2.75, 3.05) is 12.3 Å². The van der Waals surface area contributed by atoms with Crippen molar-refractivity contribution in [3.8, 4) is 0 Å². The molecule has 0 spiro atoms. The molecule has 0 bridgehead atoms. The van der Waals surface area contributed by atoms with Crippen molar-refractivity contribution in [1.29, 1.82) is 0 Å². The van der Waals surface area contributed by atoms with Crippen LogP contribution < -0.4 is 5.73 Å². The Morgan fingerprint density at radius 2 is 1.63 bits per heavy atom. The maximum atomic E-state index is 14.2. The Bertz CT molecular complexity index is 1320. The quantitative estimate of drug-likeness (QED) is 0.0387. The molecule has 0 aliphatic heterocycles. The van der Waals surface area contributed by atoms with E-state index in [0.29, 0.717) is 16.3 Å². The van der Waals surface area contributed by atoms with Gasteiger partial charge < -0.3 is 15.6 Å². The molecule has 0 saturated carbocycles. The molecule has 3 N–H and O–H groups in total. The van der Waals surface area contributed by atoms with Crippen molar-refractivity contribution in [1.82, 2.24) is 0 Å². The van der Waals surface area contributed by atoms with Crippen LogP contribution in [-0.2, 0) is 9.53 Å². The fourth-order valence-corrected chi connectivity index (χ4v) is 4.96. The number of aliphatic imine (C=N–C) groups is 1. The summed E-state index contributed by atoms with van der Waals surface area (Å²) in [5.41, 5.74) is 5.17. The second kappa shape index (κ2) is 11.8. The molecule has 182 valence electrons. The van der Waals surface area contributed by atoms with Gasteiger partial charge in [0, 0.05) is 21.7 Å². The van der Waals surface area contributed by atoms with Gasteiger partial charge in [0.2, 0.25) is 0 Å². The van der Waals surface area contributed by atoms with Crippen molar-refractivity contribution in [2.24, 2.45) is 4.99 Å². The summed E-state index contributed by atoms with van der Waals surface area (Å²) in [6, 6.07) is 14.3. The van der Waals surface area contributed by atoms with Crippen molar-refractivity contribution in [3.63, 3.8) is 0 Å². The van der Waals surface area contributed by atoms with E-state index in [2.05, 4.69) is 4.99 Å². The molecular formula is C24H18F4N2O3S2. The Morgan fingerprint density at radius 3 is 2.31 bits per heavy atom. The van der Waals surface area contributed by atoms with Gasteiger partial charge in [-0.25, -0.2) is 22.4 Å². The average molecular weight is 523 g/mol. The van der Waals surface area contributed by atoms with Crippen molar-refractivity contribution < 1.29 is 32.2 Å². The fraction of sp³-hybridized carbons (Fsp3) is 0.0833. The van der Waals surface area contributed by atoms with E-state index >= 15 is 0 Å². The highest BCUT2D eigenvalue weighted by Gasteiger charge is 2.25. The van der Waals surface area contributed by atoms with Gasteiger partial charge in [-0.3, -0.25) is 4.99 Å². The zero-order valence-corrected chi connectivity index (χ0v) is 19.7. The van der Waals surface area contributed by atoms with Gasteiger partial charge in [-0.1, -0.05) is 45.9 Å². The number of halogens is 4. The molecule has 0 aliphatic rings. The predicted molar refractivity (Wildman–Crippen MR) is 130 cm³/mol. The van der Waals surface area contributed by atoms with Crippen molar-refractivity contribution in [3.05, 3.63) is 89.0 Å². The molecule has 0 aliphatic carbocycles. The lowest BCUT2D eigenvalue weighted by Gasteiger charge is -2.10. The van der Waals surface area contributed by atoms with Crippen LogP contribution in [-0.4, -0.2) is 23.9 Å². The Labute approximate surface area is 206 Å². The van der Waals surface area contributed by atoms with Gasteiger partial charge in [-0.15, -0.1) is 0 Å². The molecule has 5 nitrogen and oxygen atoms in total. The molecule has 3 aromatic carbocycles. The molecule has 0 radical (unpaired) electrons. The van der Waals surface area contributed by atoms with Crippen LogP contribution in [0.1, 0.15) is 12.5 Å². The smallest absolute Gasteiger partial charge is 0.343 e. The fourth-order valence-electron chi connectivity index (χ4n) is 2.72. The minimum absolute atomic E-state index is 0.111. The highest BCUT2D eigenvalue weighted by Crippen LogP contribution is 2.43. The van der Waals surface area contributed by atoms with Gasteiger partial charge in [0.1, 0.15) is 11.3 Å². The zero-order chi connectivity index (χ0) is 25.5. The molecule has 0 aromatic heterocycles. The van der Waals surface area contributed by atoms with Crippen LogP contribution in [0.5, 0.6) is 0 Å². The van der Waals surface area contributed by atoms with E-state index < -0.39 is 46.1 Å². The number of hydrogen-bond acceptors (Lipinski definition) is 7. The molecule has 11 heteroatoms. The predicted octanol–water partition coefficient (Wildman–Crippen LogP) is 6.86. The summed E-state index contributed by atoms with van der Waals surface area (Å²) in [4.78, 5) is 18.1. The van der Waals surface area contributed by atoms with E-state index in [1.165, 1.54) is 28.5 Å². The maximum Gasteiger partial charge on any atom is 0.343 e. The van der Waals surface area contributed by atoms with Crippen LogP contribution in [0.4, 0.5) is 28.9 Å². The van der Waals surface area contributed by atoms with E-state index in [0.717, 1.165) is 11.1 Å². The lowest BCUT2D eigenvalue weighted by molar-refractivity contribution is -0.137. The normalized spacial score (nSPS) is 12.0. The number of aliphatic hydroxyl groups is 1. The molecule has 0 saturated heterocycles. The molecular weight excluding hydrogens is 504 g/mol. The van der Waals surface area contributed by atoms with E-state index in [1.807, 2.05) is 12.1 Å². The lowest BCUT2D eigenvalue weighted by Crippen LogP contribution is -2.12. The number of para-hydroxylation sites is 2. The van der Waals surface area contributed by atoms with E-state index in [-0.39, 0.29) is 12.7 Å². The van der Waals surface area contributed by atoms with Crippen molar-refractivity contribution >= 4 is 50.9 Å². The van der Waals surface area contributed by atoms with E-state index in [1.54, 1.807) is 36.4 Å². The summed E-state index contributed by atoms with van der Waals surface area (Å²) in [7, 11) is 2.69. The van der Waals surface area contributed by atoms with Gasteiger partial charge in [-0.2, -0.15) is 0 Å². The van der Waals surface area contributed by atoms with Crippen LogP contribution in [0.2, 0.25) is 0 Å². The SMILES string of the molecule is CCOC(=O)C(C=Nc1ccccc1SSc1ccccc1N)=C(O)c1cc(F)c(F)c(F)c1F. The minimum atomic E-state index is -2.13. The first-order valence-electron chi connectivity index (χ1n) is 10.00. The number of aliphatic hydroxyl groups excluding tert-OH is 1. The number of nitrogens with two attached hydrogens (primary N) is 1. The van der Waals surface area contributed by atoms with Crippen LogP contribution >= 0.6 is 21.6 Å². The lowest BCUT2D eigenvalue weighted by atomic mass is 10.1. The molecule has 0 atom stereocenters.